The molecule has 6 heteroatoms. The highest BCUT2D eigenvalue weighted by Crippen LogP contribution is 2.69. The number of fused-ring (bicyclic) bond motifs is 5. The van der Waals surface area contributed by atoms with E-state index in [0.29, 0.717) is 67.9 Å². The fourth-order valence-corrected chi connectivity index (χ4v) is 10.1. The molecule has 4 fully saturated rings. The lowest BCUT2D eigenvalue weighted by Gasteiger charge is -2.65. The highest BCUT2D eigenvalue weighted by Gasteiger charge is 2.65. The minimum atomic E-state index is -0.224. The number of ether oxygens (including phenoxy) is 4. The first-order valence-corrected chi connectivity index (χ1v) is 15.1. The van der Waals surface area contributed by atoms with Gasteiger partial charge in [0, 0.05) is 13.5 Å². The molecule has 4 aliphatic rings. The van der Waals surface area contributed by atoms with Crippen molar-refractivity contribution in [3.05, 3.63) is 0 Å². The molecule has 0 spiro atoms. The average molecular weight is 523 g/mol. The Morgan fingerprint density at radius 1 is 1.00 bits per heavy atom. The number of aliphatic hydroxyl groups is 1. The first-order chi connectivity index (χ1) is 17.7. The lowest BCUT2D eigenvalue weighted by molar-refractivity contribution is -0.213. The van der Waals surface area contributed by atoms with Crippen LogP contribution in [0.1, 0.15) is 91.9 Å². The van der Waals surface area contributed by atoms with Crippen LogP contribution in [-0.2, 0) is 23.7 Å². The molecule has 1 N–H and O–H groups in total. The zero-order valence-corrected chi connectivity index (χ0v) is 24.4. The maximum atomic E-state index is 12.0. The number of carbonyl (C=O) groups is 1. The molecule has 0 amide bonds. The zero-order valence-electron chi connectivity index (χ0n) is 24.4. The predicted molar refractivity (Wildman–Crippen MR) is 144 cm³/mol. The van der Waals surface area contributed by atoms with Gasteiger partial charge in [0.25, 0.3) is 0 Å². The molecule has 11 atom stereocenters. The quantitative estimate of drug-likeness (QED) is 0.209. The summed E-state index contributed by atoms with van der Waals surface area (Å²) in [5.41, 5.74) is 0.538. The summed E-state index contributed by atoms with van der Waals surface area (Å²) in [5, 5.41) is 12.0. The molecule has 4 unspecified atom stereocenters. The summed E-state index contributed by atoms with van der Waals surface area (Å²) in [4.78, 5) is 11.8. The molecule has 0 aliphatic heterocycles. The summed E-state index contributed by atoms with van der Waals surface area (Å²) in [7, 11) is 3.17. The van der Waals surface area contributed by atoms with Crippen LogP contribution < -0.4 is 0 Å². The second-order valence-corrected chi connectivity index (χ2v) is 13.4. The van der Waals surface area contributed by atoms with Crippen LogP contribution in [-0.4, -0.2) is 57.5 Å². The van der Waals surface area contributed by atoms with Gasteiger partial charge in [0.2, 0.25) is 0 Å². The van der Waals surface area contributed by atoms with Gasteiger partial charge < -0.3 is 24.1 Å². The van der Waals surface area contributed by atoms with E-state index in [1.807, 2.05) is 0 Å². The van der Waals surface area contributed by atoms with Crippen LogP contribution in [0.25, 0.3) is 0 Å². The Bertz CT molecular complexity index is 758. The molecule has 0 aromatic heterocycles. The summed E-state index contributed by atoms with van der Waals surface area (Å²) < 4.78 is 21.8. The van der Waals surface area contributed by atoms with Crippen molar-refractivity contribution in [2.24, 2.45) is 52.3 Å². The monoisotopic (exact) mass is 522 g/mol. The molecule has 0 bridgehead atoms. The maximum absolute atomic E-state index is 12.0. The van der Waals surface area contributed by atoms with E-state index in [-0.39, 0.29) is 29.0 Å². The summed E-state index contributed by atoms with van der Waals surface area (Å²) in [6, 6.07) is 0. The second kappa shape index (κ2) is 12.2. The smallest absolute Gasteiger partial charge is 0.305 e. The number of hydrogen-bond acceptors (Lipinski definition) is 6. The van der Waals surface area contributed by atoms with Crippen LogP contribution in [0, 0.1) is 52.3 Å². The van der Waals surface area contributed by atoms with Gasteiger partial charge in [-0.25, -0.2) is 0 Å². The van der Waals surface area contributed by atoms with Crippen molar-refractivity contribution in [2.45, 2.75) is 104 Å². The van der Waals surface area contributed by atoms with Gasteiger partial charge in [-0.2, -0.15) is 0 Å². The maximum Gasteiger partial charge on any atom is 0.305 e. The van der Waals surface area contributed by atoms with Crippen LogP contribution in [0.5, 0.6) is 0 Å². The number of rotatable bonds is 11. The minimum absolute atomic E-state index is 0.0937. The third-order valence-electron chi connectivity index (χ3n) is 12.0. The van der Waals surface area contributed by atoms with E-state index in [0.717, 1.165) is 25.7 Å². The highest BCUT2D eigenvalue weighted by molar-refractivity contribution is 5.69. The third kappa shape index (κ3) is 5.51. The average Bonchev–Trinajstić information content (AvgIpc) is 3.25. The van der Waals surface area contributed by atoms with Gasteiger partial charge in [0.15, 0.2) is 0 Å². The van der Waals surface area contributed by atoms with E-state index in [1.54, 1.807) is 7.11 Å². The molecule has 4 saturated carbocycles. The van der Waals surface area contributed by atoms with E-state index >= 15 is 0 Å². The number of esters is 1. The largest absolute Gasteiger partial charge is 0.469 e. The van der Waals surface area contributed by atoms with Gasteiger partial charge in [0.05, 0.1) is 32.5 Å². The summed E-state index contributed by atoms with van der Waals surface area (Å²) in [6.45, 7) is 11.2. The first-order valence-electron chi connectivity index (χ1n) is 15.1. The number of aliphatic hydroxyl groups excluding tert-OH is 1. The Hall–Kier alpha value is -0.690. The van der Waals surface area contributed by atoms with Crippen molar-refractivity contribution in [3.63, 3.8) is 0 Å². The Morgan fingerprint density at radius 3 is 2.43 bits per heavy atom. The second-order valence-electron chi connectivity index (χ2n) is 13.4. The minimum Gasteiger partial charge on any atom is -0.469 e. The lowest BCUT2D eigenvalue weighted by atomic mass is 9.41. The van der Waals surface area contributed by atoms with Crippen molar-refractivity contribution in [1.29, 1.82) is 0 Å². The molecule has 0 aromatic carbocycles. The molecule has 0 heterocycles. The van der Waals surface area contributed by atoms with Crippen LogP contribution in [0.15, 0.2) is 0 Å². The van der Waals surface area contributed by atoms with Gasteiger partial charge in [-0.3, -0.25) is 4.79 Å². The summed E-state index contributed by atoms with van der Waals surface area (Å²) in [5.74, 6) is 3.47. The fourth-order valence-electron chi connectivity index (χ4n) is 10.1. The van der Waals surface area contributed by atoms with Crippen LogP contribution >= 0.6 is 0 Å². The molecule has 214 valence electrons. The van der Waals surface area contributed by atoms with Crippen LogP contribution in [0.3, 0.4) is 0 Å². The van der Waals surface area contributed by atoms with Crippen molar-refractivity contribution in [1.82, 2.24) is 0 Å². The Morgan fingerprint density at radius 2 is 1.73 bits per heavy atom. The van der Waals surface area contributed by atoms with Gasteiger partial charge >= 0.3 is 5.97 Å². The van der Waals surface area contributed by atoms with Crippen molar-refractivity contribution in [2.75, 3.05) is 34.2 Å². The Balaban J connectivity index is 1.47. The van der Waals surface area contributed by atoms with E-state index in [9.17, 15) is 9.90 Å². The van der Waals surface area contributed by atoms with E-state index in [2.05, 4.69) is 27.7 Å². The Kier molecular flexibility index (Phi) is 9.68. The molecule has 6 nitrogen and oxygen atoms in total. The Labute approximate surface area is 225 Å². The number of carbonyl (C=O) groups excluding carboxylic acids is 1. The van der Waals surface area contributed by atoms with Crippen LogP contribution in [0.4, 0.5) is 0 Å². The molecular weight excluding hydrogens is 468 g/mol. The van der Waals surface area contributed by atoms with Crippen molar-refractivity contribution in [3.8, 4) is 0 Å². The van der Waals surface area contributed by atoms with E-state index < -0.39 is 0 Å². The zero-order chi connectivity index (χ0) is 26.8. The van der Waals surface area contributed by atoms with E-state index in [1.165, 1.54) is 39.2 Å². The van der Waals surface area contributed by atoms with Crippen molar-refractivity contribution < 1.29 is 28.8 Å². The molecule has 4 rings (SSSR count). The predicted octanol–water partition coefficient (Wildman–Crippen LogP) is 5.85. The topological polar surface area (TPSA) is 74.2 Å². The van der Waals surface area contributed by atoms with E-state index in [4.69, 9.17) is 18.9 Å². The first kappa shape index (κ1) is 29.3. The van der Waals surface area contributed by atoms with Gasteiger partial charge in [-0.05, 0) is 104 Å². The van der Waals surface area contributed by atoms with Gasteiger partial charge in [-0.1, -0.05) is 34.1 Å². The standard InChI is InChI=1S/C31H54O6/c1-7-22-26-18-21(37-19-36-17-16-34-5)12-14-31(26,4)25-13-15-30(3)23(20(2)8-11-27(32)35-6)9-10-24(30)28(25)29(22)33/h20-26,28-29,33H,7-19H2,1-6H3/t20-,21-,22-,23-,24+,25+,26?,28?,29-,30?,31?/m1/s1. The molecule has 37 heavy (non-hydrogen) atoms. The molecular formula is C31H54O6. The normalized spacial score (nSPS) is 44.0. The van der Waals surface area contributed by atoms with Crippen molar-refractivity contribution >= 4 is 5.97 Å². The molecule has 0 aromatic rings. The summed E-state index contributed by atoms with van der Waals surface area (Å²) >= 11 is 0. The van der Waals surface area contributed by atoms with Gasteiger partial charge in [0.1, 0.15) is 6.79 Å². The third-order valence-corrected chi connectivity index (χ3v) is 12.0. The number of hydrogen-bond donors (Lipinski definition) is 1. The molecule has 4 aliphatic carbocycles. The van der Waals surface area contributed by atoms with Crippen LogP contribution in [0.2, 0.25) is 0 Å². The fraction of sp³-hybridized carbons (Fsp3) is 0.968. The molecule has 0 saturated heterocycles. The van der Waals surface area contributed by atoms with Gasteiger partial charge in [-0.15, -0.1) is 0 Å². The highest BCUT2D eigenvalue weighted by atomic mass is 16.7. The lowest BCUT2D eigenvalue weighted by Crippen LogP contribution is -2.62. The SMILES string of the molecule is CC[C@@H]1C2C[C@H](OCOCCOC)CCC2(C)[C@H]2CCC3(C)[C@@H]([C@H](C)CCC(=O)OC)CC[C@H]3C2[C@@H]1O. The number of methoxy groups -OCH3 is 2. The summed E-state index contributed by atoms with van der Waals surface area (Å²) in [6.07, 6.45) is 10.7. The molecule has 0 radical (unpaired) electrons.